The summed E-state index contributed by atoms with van der Waals surface area (Å²) in [6.07, 6.45) is 0.835. The Morgan fingerprint density at radius 1 is 1.47 bits per heavy atom. The number of hydrogen-bond donors (Lipinski definition) is 1. The second-order valence-corrected chi connectivity index (χ2v) is 6.82. The van der Waals surface area contributed by atoms with Gasteiger partial charge in [-0.05, 0) is 44.8 Å². The van der Waals surface area contributed by atoms with Crippen molar-refractivity contribution in [1.29, 1.82) is 0 Å². The summed E-state index contributed by atoms with van der Waals surface area (Å²) in [6.45, 7) is 4.24. The van der Waals surface area contributed by atoms with E-state index < -0.39 is 0 Å². The fraction of sp³-hybridized carbons (Fsp3) is 0.455. The first-order chi connectivity index (χ1) is 8.09. The van der Waals surface area contributed by atoms with Crippen molar-refractivity contribution >= 4 is 38.8 Å². The molecular weight excluding hydrogens is 318 g/mol. The van der Waals surface area contributed by atoms with Crippen LogP contribution in [-0.4, -0.2) is 9.59 Å². The van der Waals surface area contributed by atoms with Crippen LogP contribution in [0.25, 0.3) is 0 Å². The Bertz CT molecular complexity index is 492. The van der Waals surface area contributed by atoms with Crippen LogP contribution in [0.5, 0.6) is 0 Å². The highest BCUT2D eigenvalue weighted by Crippen LogP contribution is 2.31. The zero-order valence-electron chi connectivity index (χ0n) is 9.68. The minimum absolute atomic E-state index is 0.0117. The molecule has 2 aromatic heterocycles. The van der Waals surface area contributed by atoms with E-state index in [9.17, 15) is 0 Å². The first-order valence-corrected chi connectivity index (χ1v) is 7.83. The van der Waals surface area contributed by atoms with E-state index in [0.717, 1.165) is 21.5 Å². The number of rotatable bonds is 4. The van der Waals surface area contributed by atoms with E-state index in [1.807, 2.05) is 0 Å². The molecule has 6 heteroatoms. The summed E-state index contributed by atoms with van der Waals surface area (Å²) < 4.78 is 5.16. The summed E-state index contributed by atoms with van der Waals surface area (Å²) in [6, 6.07) is 2.04. The van der Waals surface area contributed by atoms with Crippen molar-refractivity contribution in [2.75, 3.05) is 0 Å². The maximum absolute atomic E-state index is 6.25. The van der Waals surface area contributed by atoms with Crippen LogP contribution < -0.4 is 5.73 Å². The van der Waals surface area contributed by atoms with Crippen LogP contribution in [0.3, 0.4) is 0 Å². The number of nitrogens with zero attached hydrogens (tertiary/aromatic N) is 2. The van der Waals surface area contributed by atoms with Crippen LogP contribution in [0.15, 0.2) is 15.9 Å². The highest BCUT2D eigenvalue weighted by Gasteiger charge is 2.19. The molecule has 0 aromatic carbocycles. The van der Waals surface area contributed by atoms with Gasteiger partial charge in [-0.25, -0.2) is 0 Å². The average molecular weight is 332 g/mol. The molecule has 0 aliphatic rings. The zero-order valence-corrected chi connectivity index (χ0v) is 12.9. The molecule has 0 saturated carbocycles. The first kappa shape index (κ1) is 13.1. The van der Waals surface area contributed by atoms with E-state index in [-0.39, 0.29) is 6.04 Å². The molecule has 0 spiro atoms. The topological polar surface area (TPSA) is 51.8 Å². The highest BCUT2D eigenvalue weighted by atomic mass is 79.9. The Kier molecular flexibility index (Phi) is 4.30. The predicted octanol–water partition coefficient (Wildman–Crippen LogP) is 3.73. The molecule has 2 aromatic rings. The summed E-state index contributed by atoms with van der Waals surface area (Å²) in [4.78, 5) is 2.39. The quantitative estimate of drug-likeness (QED) is 0.928. The Labute approximate surface area is 117 Å². The molecule has 0 aliphatic heterocycles. The third-order valence-corrected chi connectivity index (χ3v) is 5.34. The molecule has 92 valence electrons. The Morgan fingerprint density at radius 3 is 2.82 bits per heavy atom. The number of halogens is 1. The molecule has 0 aliphatic carbocycles. The number of thiophene rings is 1. The second kappa shape index (κ2) is 5.56. The normalized spacial score (nSPS) is 13.2. The lowest BCUT2D eigenvalue weighted by Gasteiger charge is -2.11. The van der Waals surface area contributed by atoms with E-state index in [1.54, 1.807) is 11.3 Å². The third kappa shape index (κ3) is 2.93. The lowest BCUT2D eigenvalue weighted by molar-refractivity contribution is 0.705. The van der Waals surface area contributed by atoms with E-state index in [0.29, 0.717) is 5.92 Å². The molecule has 0 bridgehead atoms. The molecule has 3 nitrogen and oxygen atoms in total. The predicted molar refractivity (Wildman–Crippen MR) is 76.6 cm³/mol. The lowest BCUT2D eigenvalue weighted by Crippen LogP contribution is -2.14. The average Bonchev–Trinajstić information content (AvgIpc) is 2.87. The van der Waals surface area contributed by atoms with Gasteiger partial charge in [0.15, 0.2) is 0 Å². The summed E-state index contributed by atoms with van der Waals surface area (Å²) in [7, 11) is 0. The van der Waals surface area contributed by atoms with E-state index >= 15 is 0 Å². The van der Waals surface area contributed by atoms with Crippen LogP contribution in [0.1, 0.15) is 41.3 Å². The number of aromatic nitrogens is 2. The Balaban J connectivity index is 2.17. The monoisotopic (exact) mass is 331 g/mol. The maximum atomic E-state index is 6.25. The van der Waals surface area contributed by atoms with E-state index in [1.165, 1.54) is 16.4 Å². The van der Waals surface area contributed by atoms with E-state index in [4.69, 9.17) is 5.73 Å². The van der Waals surface area contributed by atoms with Crippen LogP contribution in [0.2, 0.25) is 0 Å². The van der Waals surface area contributed by atoms with Crippen LogP contribution in [-0.2, 0) is 6.42 Å². The fourth-order valence-corrected chi connectivity index (χ4v) is 4.00. The van der Waals surface area contributed by atoms with Crippen LogP contribution >= 0.6 is 38.8 Å². The van der Waals surface area contributed by atoms with Crippen molar-refractivity contribution < 1.29 is 0 Å². The highest BCUT2D eigenvalue weighted by molar-refractivity contribution is 9.10. The lowest BCUT2D eigenvalue weighted by atomic mass is 10.0. The van der Waals surface area contributed by atoms with Crippen molar-refractivity contribution in [2.24, 2.45) is 5.73 Å². The van der Waals surface area contributed by atoms with Gasteiger partial charge in [0.2, 0.25) is 0 Å². The second-order valence-electron chi connectivity index (χ2n) is 4.18. The van der Waals surface area contributed by atoms with Gasteiger partial charge in [-0.1, -0.05) is 18.3 Å². The molecule has 17 heavy (non-hydrogen) atoms. The van der Waals surface area contributed by atoms with Crippen molar-refractivity contribution in [1.82, 2.24) is 9.59 Å². The molecule has 2 heterocycles. The Morgan fingerprint density at radius 2 is 2.24 bits per heavy atom. The molecule has 1 atom stereocenters. The molecule has 2 rings (SSSR count). The SMILES string of the molecule is CC(C)c1nnsc1C(N)Cc1sccc1Br. The Hall–Kier alpha value is -0.300. The smallest absolute Gasteiger partial charge is 0.0829 e. The number of hydrogen-bond acceptors (Lipinski definition) is 5. The fourth-order valence-electron chi connectivity index (χ4n) is 1.63. The maximum Gasteiger partial charge on any atom is 0.0829 e. The largest absolute Gasteiger partial charge is 0.323 e. The van der Waals surface area contributed by atoms with E-state index in [2.05, 4.69) is 50.8 Å². The van der Waals surface area contributed by atoms with Gasteiger partial charge in [-0.2, -0.15) is 0 Å². The minimum Gasteiger partial charge on any atom is -0.323 e. The molecule has 1 unspecified atom stereocenters. The first-order valence-electron chi connectivity index (χ1n) is 5.39. The molecule has 0 saturated heterocycles. The van der Waals surface area contributed by atoms with Crippen molar-refractivity contribution in [3.05, 3.63) is 31.4 Å². The number of nitrogens with two attached hydrogens (primary N) is 1. The third-order valence-electron chi connectivity index (χ3n) is 2.52. The van der Waals surface area contributed by atoms with Crippen LogP contribution in [0, 0.1) is 0 Å². The van der Waals surface area contributed by atoms with Gasteiger partial charge in [-0.3, -0.25) is 0 Å². The van der Waals surface area contributed by atoms with Gasteiger partial charge >= 0.3 is 0 Å². The standard InChI is InChI=1S/C11H14BrN3S2/c1-6(2)10-11(17-15-14-10)8(13)5-9-7(12)3-4-16-9/h3-4,6,8H,5,13H2,1-2H3. The molecular formula is C11H14BrN3S2. The molecule has 0 fully saturated rings. The van der Waals surface area contributed by atoms with Gasteiger partial charge in [0.05, 0.1) is 10.6 Å². The van der Waals surface area contributed by atoms with Crippen molar-refractivity contribution in [3.63, 3.8) is 0 Å². The van der Waals surface area contributed by atoms with Gasteiger partial charge in [0.25, 0.3) is 0 Å². The van der Waals surface area contributed by atoms with Gasteiger partial charge in [-0.15, -0.1) is 16.4 Å². The van der Waals surface area contributed by atoms with Crippen molar-refractivity contribution in [2.45, 2.75) is 32.2 Å². The zero-order chi connectivity index (χ0) is 12.4. The minimum atomic E-state index is -0.0117. The van der Waals surface area contributed by atoms with Gasteiger partial charge in [0.1, 0.15) is 0 Å². The van der Waals surface area contributed by atoms with Crippen LogP contribution in [0.4, 0.5) is 0 Å². The summed E-state index contributed by atoms with van der Waals surface area (Å²) in [5.74, 6) is 0.376. The molecule has 2 N–H and O–H groups in total. The molecule has 0 amide bonds. The van der Waals surface area contributed by atoms with Gasteiger partial charge < -0.3 is 5.73 Å². The summed E-state index contributed by atoms with van der Waals surface area (Å²) in [5.41, 5.74) is 7.29. The summed E-state index contributed by atoms with van der Waals surface area (Å²) in [5, 5.41) is 6.24. The summed E-state index contributed by atoms with van der Waals surface area (Å²) >= 11 is 6.68. The van der Waals surface area contributed by atoms with Gasteiger partial charge in [0, 0.05) is 21.8 Å². The molecule has 0 radical (unpaired) electrons. The van der Waals surface area contributed by atoms with Crippen molar-refractivity contribution in [3.8, 4) is 0 Å².